The summed E-state index contributed by atoms with van der Waals surface area (Å²) in [5.41, 5.74) is 1.79. The minimum Gasteiger partial charge on any atom is -0.378 e. The number of nitrogens with one attached hydrogen (secondary N) is 2. The van der Waals surface area contributed by atoms with Crippen molar-refractivity contribution in [3.05, 3.63) is 11.8 Å². The van der Waals surface area contributed by atoms with Crippen molar-refractivity contribution in [1.29, 1.82) is 0 Å². The Morgan fingerprint density at radius 1 is 1.15 bits per heavy atom. The maximum atomic E-state index is 12.4. The van der Waals surface area contributed by atoms with Crippen LogP contribution < -0.4 is 10.2 Å². The van der Waals surface area contributed by atoms with Gasteiger partial charge < -0.3 is 29.6 Å². The quantitative estimate of drug-likeness (QED) is 0.813. The number of aromatic nitrogens is 3. The van der Waals surface area contributed by atoms with Gasteiger partial charge in [0.15, 0.2) is 0 Å². The zero-order valence-corrected chi connectivity index (χ0v) is 15.0. The van der Waals surface area contributed by atoms with E-state index in [1.165, 1.54) is 0 Å². The largest absolute Gasteiger partial charge is 0.378 e. The maximum absolute atomic E-state index is 12.4. The number of rotatable bonds is 4. The average Bonchev–Trinajstić information content (AvgIpc) is 3.07. The molecule has 2 N–H and O–H groups in total. The van der Waals surface area contributed by atoms with Crippen LogP contribution in [0.1, 0.15) is 5.69 Å². The predicted molar refractivity (Wildman–Crippen MR) is 97.5 cm³/mol. The average molecular weight is 360 g/mol. The first kappa shape index (κ1) is 17.0. The van der Waals surface area contributed by atoms with Gasteiger partial charge in [0.25, 0.3) is 0 Å². The molecular formula is C17H24N6O3. The molecule has 2 aliphatic heterocycles. The first-order valence-corrected chi connectivity index (χ1v) is 9.00. The third-order valence-electron chi connectivity index (χ3n) is 4.68. The molecule has 140 valence electrons. The fourth-order valence-corrected chi connectivity index (χ4v) is 3.25. The van der Waals surface area contributed by atoms with Crippen LogP contribution in [0, 0.1) is 6.92 Å². The Morgan fingerprint density at radius 3 is 2.58 bits per heavy atom. The van der Waals surface area contributed by atoms with Crippen molar-refractivity contribution < 1.29 is 14.3 Å². The molecule has 2 aromatic heterocycles. The zero-order valence-electron chi connectivity index (χ0n) is 15.0. The fourth-order valence-electron chi connectivity index (χ4n) is 3.25. The van der Waals surface area contributed by atoms with Gasteiger partial charge in [-0.05, 0) is 13.0 Å². The van der Waals surface area contributed by atoms with E-state index in [4.69, 9.17) is 9.47 Å². The highest BCUT2D eigenvalue weighted by Gasteiger charge is 2.20. The second kappa shape index (κ2) is 7.46. The van der Waals surface area contributed by atoms with Crippen molar-refractivity contribution >= 4 is 28.7 Å². The number of aromatic amines is 1. The minimum atomic E-state index is 0.0558. The standard InChI is InChI=1S/C17H24N6O3/c1-12-10-13-15(18-11-14(24)22-2-6-25-7-3-22)20-17(21-16(13)19-12)23-4-8-26-9-5-23/h10H,2-9,11H2,1H3,(H2,18,19,20,21). The first-order chi connectivity index (χ1) is 12.7. The summed E-state index contributed by atoms with van der Waals surface area (Å²) in [5.74, 6) is 1.40. The van der Waals surface area contributed by atoms with E-state index >= 15 is 0 Å². The molecule has 9 heteroatoms. The Morgan fingerprint density at radius 2 is 1.85 bits per heavy atom. The van der Waals surface area contributed by atoms with Crippen molar-refractivity contribution in [2.75, 3.05) is 69.4 Å². The normalized spacial score (nSPS) is 18.3. The lowest BCUT2D eigenvalue weighted by Gasteiger charge is -2.28. The maximum Gasteiger partial charge on any atom is 0.242 e. The second-order valence-corrected chi connectivity index (χ2v) is 6.53. The van der Waals surface area contributed by atoms with E-state index in [1.54, 1.807) is 0 Å². The van der Waals surface area contributed by atoms with Gasteiger partial charge in [-0.1, -0.05) is 0 Å². The minimum absolute atomic E-state index is 0.0558. The number of nitrogens with zero attached hydrogens (tertiary/aromatic N) is 4. The number of hydrogen-bond donors (Lipinski definition) is 2. The van der Waals surface area contributed by atoms with Gasteiger partial charge in [-0.3, -0.25) is 4.79 Å². The molecule has 0 saturated carbocycles. The fraction of sp³-hybridized carbons (Fsp3) is 0.588. The summed E-state index contributed by atoms with van der Waals surface area (Å²) < 4.78 is 10.7. The Kier molecular flexibility index (Phi) is 4.89. The molecule has 0 bridgehead atoms. The molecule has 0 atom stereocenters. The predicted octanol–water partition coefficient (Wildman–Crippen LogP) is 0.374. The van der Waals surface area contributed by atoms with E-state index in [-0.39, 0.29) is 12.5 Å². The molecule has 2 aliphatic rings. The van der Waals surface area contributed by atoms with Crippen LogP contribution in [0.25, 0.3) is 11.0 Å². The summed E-state index contributed by atoms with van der Waals surface area (Å²) in [6.45, 7) is 7.53. The number of morpholine rings is 2. The molecule has 0 radical (unpaired) electrons. The molecule has 2 saturated heterocycles. The number of carbonyl (C=O) groups is 1. The van der Waals surface area contributed by atoms with Crippen molar-refractivity contribution in [2.24, 2.45) is 0 Å². The SMILES string of the molecule is Cc1cc2c(NCC(=O)N3CCOCC3)nc(N3CCOCC3)nc2[nH]1. The smallest absolute Gasteiger partial charge is 0.242 e. The second-order valence-electron chi connectivity index (χ2n) is 6.53. The summed E-state index contributed by atoms with van der Waals surface area (Å²) >= 11 is 0. The lowest BCUT2D eigenvalue weighted by Crippen LogP contribution is -2.43. The van der Waals surface area contributed by atoms with Crippen LogP contribution >= 0.6 is 0 Å². The number of anilines is 2. The molecule has 2 aromatic rings. The summed E-state index contributed by atoms with van der Waals surface area (Å²) in [4.78, 5) is 29.0. The number of H-pyrrole nitrogens is 1. The molecule has 0 aromatic carbocycles. The van der Waals surface area contributed by atoms with E-state index in [0.717, 1.165) is 29.8 Å². The molecule has 4 heterocycles. The van der Waals surface area contributed by atoms with Crippen LogP contribution in [-0.2, 0) is 14.3 Å². The molecule has 1 amide bonds. The van der Waals surface area contributed by atoms with E-state index in [0.29, 0.717) is 51.3 Å². The molecule has 2 fully saturated rings. The summed E-state index contributed by atoms with van der Waals surface area (Å²) in [7, 11) is 0. The number of fused-ring (bicyclic) bond motifs is 1. The third kappa shape index (κ3) is 3.58. The molecule has 26 heavy (non-hydrogen) atoms. The van der Waals surface area contributed by atoms with Gasteiger partial charge in [-0.15, -0.1) is 0 Å². The number of aryl methyl sites for hydroxylation is 1. The van der Waals surface area contributed by atoms with Crippen LogP contribution in [0.5, 0.6) is 0 Å². The molecule has 0 unspecified atom stereocenters. The van der Waals surface area contributed by atoms with Crippen molar-refractivity contribution in [2.45, 2.75) is 6.92 Å². The topological polar surface area (TPSA) is 95.6 Å². The van der Waals surface area contributed by atoms with E-state index in [1.807, 2.05) is 17.9 Å². The molecule has 0 spiro atoms. The Bertz CT molecular complexity index is 780. The van der Waals surface area contributed by atoms with E-state index in [9.17, 15) is 4.79 Å². The molecular weight excluding hydrogens is 336 g/mol. The van der Waals surface area contributed by atoms with E-state index in [2.05, 4.69) is 25.2 Å². The monoisotopic (exact) mass is 360 g/mol. The van der Waals surface area contributed by atoms with Gasteiger partial charge in [0.2, 0.25) is 11.9 Å². The number of hydrogen-bond acceptors (Lipinski definition) is 7. The van der Waals surface area contributed by atoms with Gasteiger partial charge in [0.05, 0.1) is 38.4 Å². The number of amides is 1. The van der Waals surface area contributed by atoms with E-state index < -0.39 is 0 Å². The Balaban J connectivity index is 1.55. The highest BCUT2D eigenvalue weighted by molar-refractivity contribution is 5.91. The lowest BCUT2D eigenvalue weighted by atomic mass is 10.3. The van der Waals surface area contributed by atoms with Gasteiger partial charge >= 0.3 is 0 Å². The summed E-state index contributed by atoms with van der Waals surface area (Å²) in [6.07, 6.45) is 0. The van der Waals surface area contributed by atoms with Crippen LogP contribution in [0.2, 0.25) is 0 Å². The van der Waals surface area contributed by atoms with Crippen LogP contribution in [-0.4, -0.2) is 84.9 Å². The Hall–Kier alpha value is -2.39. The lowest BCUT2D eigenvalue weighted by molar-refractivity contribution is -0.133. The summed E-state index contributed by atoms with van der Waals surface area (Å²) in [5, 5.41) is 4.11. The number of carbonyl (C=O) groups excluding carboxylic acids is 1. The highest BCUT2D eigenvalue weighted by Crippen LogP contribution is 2.24. The van der Waals surface area contributed by atoms with Crippen molar-refractivity contribution in [1.82, 2.24) is 19.9 Å². The molecule has 0 aliphatic carbocycles. The van der Waals surface area contributed by atoms with Gasteiger partial charge in [0, 0.05) is 31.9 Å². The zero-order chi connectivity index (χ0) is 17.9. The van der Waals surface area contributed by atoms with Crippen molar-refractivity contribution in [3.63, 3.8) is 0 Å². The van der Waals surface area contributed by atoms with Gasteiger partial charge in [0.1, 0.15) is 11.5 Å². The van der Waals surface area contributed by atoms with Crippen LogP contribution in [0.3, 0.4) is 0 Å². The van der Waals surface area contributed by atoms with Gasteiger partial charge in [-0.25, -0.2) is 0 Å². The Labute approximate surface area is 151 Å². The van der Waals surface area contributed by atoms with Crippen LogP contribution in [0.15, 0.2) is 6.07 Å². The van der Waals surface area contributed by atoms with Gasteiger partial charge in [-0.2, -0.15) is 9.97 Å². The third-order valence-corrected chi connectivity index (χ3v) is 4.68. The molecule has 4 rings (SSSR count). The van der Waals surface area contributed by atoms with Crippen LogP contribution in [0.4, 0.5) is 11.8 Å². The summed E-state index contributed by atoms with van der Waals surface area (Å²) in [6, 6.07) is 2.00. The highest BCUT2D eigenvalue weighted by atomic mass is 16.5. The first-order valence-electron chi connectivity index (χ1n) is 9.00. The number of ether oxygens (including phenoxy) is 2. The van der Waals surface area contributed by atoms with Crippen molar-refractivity contribution in [3.8, 4) is 0 Å². The molecule has 9 nitrogen and oxygen atoms in total.